The van der Waals surface area contributed by atoms with Crippen molar-refractivity contribution in [2.24, 2.45) is 10.2 Å². The second kappa shape index (κ2) is 6.88. The fraction of sp³-hybridized carbons (Fsp3) is 0.316. The molecule has 0 saturated heterocycles. The van der Waals surface area contributed by atoms with E-state index in [1.54, 1.807) is 6.21 Å². The third-order valence-corrected chi connectivity index (χ3v) is 5.54. The molecule has 1 aliphatic carbocycles. The Balaban J connectivity index is 1.62. The molecule has 0 spiro atoms. The van der Waals surface area contributed by atoms with Gasteiger partial charge in [-0.3, -0.25) is 4.79 Å². The van der Waals surface area contributed by atoms with E-state index in [-0.39, 0.29) is 5.75 Å². The van der Waals surface area contributed by atoms with E-state index in [1.165, 1.54) is 46.5 Å². The molecule has 5 nitrogen and oxygen atoms in total. The van der Waals surface area contributed by atoms with Crippen LogP contribution in [0, 0.1) is 0 Å². The van der Waals surface area contributed by atoms with Gasteiger partial charge in [-0.05, 0) is 40.7 Å². The van der Waals surface area contributed by atoms with E-state index in [4.69, 9.17) is 5.11 Å². The molecule has 0 aromatic heterocycles. The van der Waals surface area contributed by atoms with Crippen LogP contribution in [-0.2, 0) is 11.3 Å². The van der Waals surface area contributed by atoms with Gasteiger partial charge in [0.2, 0.25) is 0 Å². The number of fused-ring (bicyclic) bond motifs is 1. The average molecular weight is 353 g/mol. The summed E-state index contributed by atoms with van der Waals surface area (Å²) in [7, 11) is 0. The molecule has 0 radical (unpaired) electrons. The van der Waals surface area contributed by atoms with Gasteiger partial charge in [-0.25, -0.2) is 0 Å². The van der Waals surface area contributed by atoms with Crippen LogP contribution in [-0.4, -0.2) is 39.7 Å². The van der Waals surface area contributed by atoms with Gasteiger partial charge in [-0.1, -0.05) is 48.2 Å². The highest BCUT2D eigenvalue weighted by atomic mass is 32.2. The van der Waals surface area contributed by atoms with Crippen molar-refractivity contribution in [3.05, 3.63) is 47.5 Å². The first-order valence-corrected chi connectivity index (χ1v) is 9.40. The first kappa shape index (κ1) is 16.1. The Morgan fingerprint density at radius 2 is 2.00 bits per heavy atom. The predicted octanol–water partition coefficient (Wildman–Crippen LogP) is 3.69. The van der Waals surface area contributed by atoms with Crippen molar-refractivity contribution in [1.82, 2.24) is 4.90 Å². The molecule has 1 N–H and O–H groups in total. The van der Waals surface area contributed by atoms with Gasteiger partial charge in [-0.2, -0.15) is 5.10 Å². The molecule has 2 aromatic carbocycles. The van der Waals surface area contributed by atoms with Gasteiger partial charge in [0.25, 0.3) is 0 Å². The summed E-state index contributed by atoms with van der Waals surface area (Å²) in [5.74, 6) is -0.141. The lowest BCUT2D eigenvalue weighted by Crippen LogP contribution is -2.32. The summed E-state index contributed by atoms with van der Waals surface area (Å²) >= 11 is 1.22. The normalized spacial score (nSPS) is 17.0. The van der Waals surface area contributed by atoms with E-state index in [0.717, 1.165) is 0 Å². The highest BCUT2D eigenvalue weighted by molar-refractivity contribution is 8.14. The monoisotopic (exact) mass is 353 g/mol. The minimum Gasteiger partial charge on any atom is -0.481 e. The molecular weight excluding hydrogens is 334 g/mol. The molecule has 6 heteroatoms. The molecule has 1 saturated carbocycles. The Bertz CT molecular complexity index is 874. The molecule has 0 unspecified atom stereocenters. The van der Waals surface area contributed by atoms with E-state index in [2.05, 4.69) is 51.5 Å². The lowest BCUT2D eigenvalue weighted by molar-refractivity contribution is -0.133. The Hall–Kier alpha value is -2.34. The molecule has 0 atom stereocenters. The highest BCUT2D eigenvalue weighted by Crippen LogP contribution is 2.43. The van der Waals surface area contributed by atoms with Crippen molar-refractivity contribution in [3.8, 4) is 0 Å². The molecule has 0 bridgehead atoms. The second-order valence-electron chi connectivity index (χ2n) is 6.38. The number of aliphatic carboxylic acids is 1. The predicted molar refractivity (Wildman–Crippen MR) is 102 cm³/mol. The molecule has 25 heavy (non-hydrogen) atoms. The summed E-state index contributed by atoms with van der Waals surface area (Å²) in [6.07, 6.45) is 4.33. The van der Waals surface area contributed by atoms with Crippen LogP contribution in [0.1, 0.15) is 29.9 Å². The Labute approximate surface area is 150 Å². The Morgan fingerprint density at radius 1 is 1.20 bits per heavy atom. The van der Waals surface area contributed by atoms with Gasteiger partial charge in [0, 0.05) is 12.8 Å². The van der Waals surface area contributed by atoms with E-state index in [1.807, 2.05) is 0 Å². The topological polar surface area (TPSA) is 65.3 Å². The van der Waals surface area contributed by atoms with E-state index in [9.17, 15) is 4.79 Å². The zero-order chi connectivity index (χ0) is 17.2. The first-order valence-electron chi connectivity index (χ1n) is 8.42. The first-order chi connectivity index (χ1) is 12.2. The number of carbonyl (C=O) groups is 1. The van der Waals surface area contributed by atoms with Gasteiger partial charge in [-0.15, -0.1) is 5.10 Å². The Kier molecular flexibility index (Phi) is 4.44. The maximum absolute atomic E-state index is 10.9. The SMILES string of the molecule is O=C(O)CSC1=NN=CCN1Cc1ccc(C2CC2)c2ccccc12. The van der Waals surface area contributed by atoms with Crippen LogP contribution in [0.4, 0.5) is 0 Å². The van der Waals surface area contributed by atoms with Gasteiger partial charge in [0.1, 0.15) is 0 Å². The van der Waals surface area contributed by atoms with Crippen molar-refractivity contribution >= 4 is 39.9 Å². The summed E-state index contributed by atoms with van der Waals surface area (Å²) in [6, 6.07) is 13.0. The van der Waals surface area contributed by atoms with E-state index in [0.29, 0.717) is 24.2 Å². The van der Waals surface area contributed by atoms with Crippen LogP contribution < -0.4 is 0 Å². The van der Waals surface area contributed by atoms with Crippen molar-refractivity contribution in [1.29, 1.82) is 0 Å². The fourth-order valence-electron chi connectivity index (χ4n) is 3.22. The lowest BCUT2D eigenvalue weighted by atomic mass is 9.97. The van der Waals surface area contributed by atoms with Crippen LogP contribution in [0.3, 0.4) is 0 Å². The van der Waals surface area contributed by atoms with Crippen LogP contribution in [0.25, 0.3) is 10.8 Å². The van der Waals surface area contributed by atoms with E-state index < -0.39 is 5.97 Å². The molecule has 4 rings (SSSR count). The maximum atomic E-state index is 10.9. The molecule has 2 aromatic rings. The molecule has 0 amide bonds. The zero-order valence-corrected chi connectivity index (χ0v) is 14.6. The van der Waals surface area contributed by atoms with Crippen molar-refractivity contribution in [2.75, 3.05) is 12.3 Å². The van der Waals surface area contributed by atoms with Gasteiger partial charge >= 0.3 is 5.97 Å². The third kappa shape index (κ3) is 3.54. The fourth-order valence-corrected chi connectivity index (χ4v) is 3.90. The van der Waals surface area contributed by atoms with Gasteiger partial charge in [0.05, 0.1) is 12.3 Å². The summed E-state index contributed by atoms with van der Waals surface area (Å²) in [4.78, 5) is 12.9. The van der Waals surface area contributed by atoms with Crippen molar-refractivity contribution in [2.45, 2.75) is 25.3 Å². The highest BCUT2D eigenvalue weighted by Gasteiger charge is 2.26. The summed E-state index contributed by atoms with van der Waals surface area (Å²) < 4.78 is 0. The molecule has 1 aliphatic heterocycles. The number of amidine groups is 1. The molecule has 1 heterocycles. The number of hydrogen-bond acceptors (Lipinski definition) is 5. The van der Waals surface area contributed by atoms with Crippen LogP contribution in [0.2, 0.25) is 0 Å². The second-order valence-corrected chi connectivity index (χ2v) is 7.32. The van der Waals surface area contributed by atoms with Crippen LogP contribution in [0.5, 0.6) is 0 Å². The van der Waals surface area contributed by atoms with Gasteiger partial charge < -0.3 is 10.0 Å². The number of carboxylic acids is 1. The summed E-state index contributed by atoms with van der Waals surface area (Å²) in [5.41, 5.74) is 2.69. The maximum Gasteiger partial charge on any atom is 0.313 e. The molecule has 1 fully saturated rings. The van der Waals surface area contributed by atoms with Crippen molar-refractivity contribution in [3.63, 3.8) is 0 Å². The van der Waals surface area contributed by atoms with Gasteiger partial charge in [0.15, 0.2) is 5.17 Å². The number of nitrogens with zero attached hydrogens (tertiary/aromatic N) is 3. The molecule has 2 aliphatic rings. The largest absolute Gasteiger partial charge is 0.481 e. The quantitative estimate of drug-likeness (QED) is 0.890. The zero-order valence-electron chi connectivity index (χ0n) is 13.8. The summed E-state index contributed by atoms with van der Waals surface area (Å²) in [6.45, 7) is 1.34. The van der Waals surface area contributed by atoms with E-state index >= 15 is 0 Å². The number of thioether (sulfide) groups is 1. The van der Waals surface area contributed by atoms with Crippen LogP contribution >= 0.6 is 11.8 Å². The number of benzene rings is 2. The number of rotatable bonds is 5. The third-order valence-electron chi connectivity index (χ3n) is 4.55. The number of carboxylic acid groups (broad SMARTS) is 1. The average Bonchev–Trinajstić information content (AvgIpc) is 3.46. The molecular formula is C19H19N3O2S. The lowest BCUT2D eigenvalue weighted by Gasteiger charge is -2.26. The summed E-state index contributed by atoms with van der Waals surface area (Å²) in [5, 5.41) is 20.3. The Morgan fingerprint density at radius 3 is 2.76 bits per heavy atom. The molecule has 128 valence electrons. The minimum absolute atomic E-state index is 0.00772. The smallest absolute Gasteiger partial charge is 0.313 e. The van der Waals surface area contributed by atoms with Crippen LogP contribution in [0.15, 0.2) is 46.6 Å². The van der Waals surface area contributed by atoms with Crippen molar-refractivity contribution < 1.29 is 9.90 Å². The standard InChI is InChI=1S/C19H19N3O2S/c23-18(24)12-25-19-21-20-9-10-22(19)11-14-7-8-16(13-5-6-13)17-4-2-1-3-15(14)17/h1-4,7-9,13H,5-6,10-12H2,(H,23,24). The number of hydrogen-bond donors (Lipinski definition) is 1. The minimum atomic E-state index is -0.846.